The van der Waals surface area contributed by atoms with Crippen LogP contribution in [0.1, 0.15) is 41.0 Å². The highest BCUT2D eigenvalue weighted by Gasteiger charge is 2.45. The third-order valence-corrected chi connectivity index (χ3v) is 4.03. The summed E-state index contributed by atoms with van der Waals surface area (Å²) in [5.74, 6) is -2.28. The number of carbonyl (C=O) groups excluding carboxylic acids is 3. The number of ether oxygens (including phenoxy) is 5. The van der Waals surface area contributed by atoms with Crippen molar-refractivity contribution in [2.75, 3.05) is 0 Å². The molecule has 0 radical (unpaired) electrons. The SMILES string of the molecule is CC(=O)O[C@@H](C)[C@H](/C=C/[C@H]1OC(C)(C)O[C@@H]1[C@H]1CC=CC(=O)O1)OC(C)=O. The Balaban J connectivity index is 2.15. The Bertz CT molecular complexity index is 636. The number of rotatable bonds is 6. The predicted octanol–water partition coefficient (Wildman–Crippen LogP) is 1.82. The third-order valence-electron chi connectivity index (χ3n) is 4.03. The lowest BCUT2D eigenvalue weighted by Gasteiger charge is -2.26. The minimum Gasteiger partial charge on any atom is -0.459 e. The van der Waals surface area contributed by atoms with Crippen LogP contribution in [0.5, 0.6) is 0 Å². The van der Waals surface area contributed by atoms with Crippen molar-refractivity contribution in [1.82, 2.24) is 0 Å². The lowest BCUT2D eigenvalue weighted by molar-refractivity contribution is -0.168. The largest absolute Gasteiger partial charge is 0.459 e. The summed E-state index contributed by atoms with van der Waals surface area (Å²) in [7, 11) is 0. The maximum atomic E-state index is 11.5. The number of hydrogen-bond donors (Lipinski definition) is 0. The molecular weight excluding hydrogens is 356 g/mol. The van der Waals surface area contributed by atoms with Crippen molar-refractivity contribution in [2.24, 2.45) is 0 Å². The van der Waals surface area contributed by atoms with Gasteiger partial charge in [0.05, 0.1) is 0 Å². The highest BCUT2D eigenvalue weighted by Crippen LogP contribution is 2.33. The second-order valence-corrected chi connectivity index (χ2v) is 6.95. The van der Waals surface area contributed by atoms with Crippen molar-refractivity contribution in [3.05, 3.63) is 24.3 Å². The Hall–Kier alpha value is -2.19. The first-order valence-electron chi connectivity index (χ1n) is 8.83. The molecule has 2 rings (SSSR count). The Labute approximate surface area is 158 Å². The quantitative estimate of drug-likeness (QED) is 0.390. The summed E-state index contributed by atoms with van der Waals surface area (Å²) >= 11 is 0. The molecule has 0 unspecified atom stereocenters. The molecule has 2 heterocycles. The Morgan fingerprint density at radius 1 is 1.22 bits per heavy atom. The molecule has 0 saturated carbocycles. The van der Waals surface area contributed by atoms with Gasteiger partial charge in [-0.15, -0.1) is 0 Å². The van der Waals surface area contributed by atoms with Crippen molar-refractivity contribution in [2.45, 2.75) is 77.3 Å². The van der Waals surface area contributed by atoms with E-state index in [0.717, 1.165) is 0 Å². The molecule has 8 heteroatoms. The van der Waals surface area contributed by atoms with Gasteiger partial charge in [-0.1, -0.05) is 12.2 Å². The maximum Gasteiger partial charge on any atom is 0.330 e. The molecule has 8 nitrogen and oxygen atoms in total. The van der Waals surface area contributed by atoms with E-state index < -0.39 is 54.2 Å². The monoisotopic (exact) mass is 382 g/mol. The normalized spacial score (nSPS) is 29.2. The lowest BCUT2D eigenvalue weighted by Crippen LogP contribution is -2.39. The van der Waals surface area contributed by atoms with E-state index in [1.54, 1.807) is 39.0 Å². The Morgan fingerprint density at radius 2 is 1.89 bits per heavy atom. The van der Waals surface area contributed by atoms with Gasteiger partial charge in [-0.3, -0.25) is 9.59 Å². The smallest absolute Gasteiger partial charge is 0.330 e. The van der Waals surface area contributed by atoms with Crippen LogP contribution in [-0.4, -0.2) is 54.2 Å². The van der Waals surface area contributed by atoms with Crippen LogP contribution in [0.25, 0.3) is 0 Å². The second kappa shape index (κ2) is 8.67. The average molecular weight is 382 g/mol. The fourth-order valence-corrected chi connectivity index (χ4v) is 3.02. The molecule has 0 spiro atoms. The highest BCUT2D eigenvalue weighted by molar-refractivity contribution is 5.82. The topological polar surface area (TPSA) is 97.4 Å². The van der Waals surface area contributed by atoms with Crippen molar-refractivity contribution >= 4 is 17.9 Å². The van der Waals surface area contributed by atoms with E-state index in [2.05, 4.69) is 0 Å². The predicted molar refractivity (Wildman–Crippen MR) is 93.4 cm³/mol. The first kappa shape index (κ1) is 21.1. The molecule has 0 N–H and O–H groups in total. The molecule has 150 valence electrons. The summed E-state index contributed by atoms with van der Waals surface area (Å²) < 4.78 is 27.5. The molecule has 5 atom stereocenters. The van der Waals surface area contributed by atoms with E-state index in [0.29, 0.717) is 6.42 Å². The molecule has 27 heavy (non-hydrogen) atoms. The van der Waals surface area contributed by atoms with Gasteiger partial charge in [0.15, 0.2) is 11.9 Å². The van der Waals surface area contributed by atoms with Crippen LogP contribution < -0.4 is 0 Å². The van der Waals surface area contributed by atoms with Crippen LogP contribution in [0.2, 0.25) is 0 Å². The average Bonchev–Trinajstić information content (AvgIpc) is 2.85. The maximum absolute atomic E-state index is 11.5. The van der Waals surface area contributed by atoms with Crippen molar-refractivity contribution in [1.29, 1.82) is 0 Å². The molecule has 0 aromatic rings. The van der Waals surface area contributed by atoms with Crippen molar-refractivity contribution in [3.8, 4) is 0 Å². The summed E-state index contributed by atoms with van der Waals surface area (Å²) in [4.78, 5) is 34.1. The number of esters is 3. The van der Waals surface area contributed by atoms with Gasteiger partial charge < -0.3 is 23.7 Å². The standard InChI is InChI=1S/C19H26O8/c1-11(23-12(2)20)14(24-13(3)21)9-10-16-18(27-19(4,5)26-16)15-7-6-8-17(22)25-15/h6,8-11,14-16,18H,7H2,1-5H3/b10-9+/t11-,14-,15+,16+,18+/m0/s1. The molecule has 1 fully saturated rings. The van der Waals surface area contributed by atoms with Crippen LogP contribution in [-0.2, 0) is 38.1 Å². The van der Waals surface area contributed by atoms with Gasteiger partial charge in [-0.25, -0.2) is 4.79 Å². The molecule has 0 amide bonds. The van der Waals surface area contributed by atoms with Crippen LogP contribution in [0.15, 0.2) is 24.3 Å². The van der Waals surface area contributed by atoms with E-state index in [-0.39, 0.29) is 0 Å². The first-order valence-corrected chi connectivity index (χ1v) is 8.83. The summed E-state index contributed by atoms with van der Waals surface area (Å²) in [6.45, 7) is 7.71. The van der Waals surface area contributed by atoms with Gasteiger partial charge in [0.25, 0.3) is 0 Å². The fraction of sp³-hybridized carbons (Fsp3) is 0.632. The van der Waals surface area contributed by atoms with E-state index in [4.69, 9.17) is 23.7 Å². The summed E-state index contributed by atoms with van der Waals surface area (Å²) in [6.07, 6.45) is 3.89. The molecule has 0 aromatic heterocycles. The van der Waals surface area contributed by atoms with Crippen LogP contribution in [0, 0.1) is 0 Å². The summed E-state index contributed by atoms with van der Waals surface area (Å²) in [5, 5.41) is 0. The minimum atomic E-state index is -0.869. The Kier molecular flexibility index (Phi) is 6.78. The van der Waals surface area contributed by atoms with Gasteiger partial charge in [-0.05, 0) is 26.8 Å². The van der Waals surface area contributed by atoms with Crippen LogP contribution >= 0.6 is 0 Å². The van der Waals surface area contributed by atoms with E-state index >= 15 is 0 Å². The zero-order valence-corrected chi connectivity index (χ0v) is 16.2. The van der Waals surface area contributed by atoms with Gasteiger partial charge in [0, 0.05) is 26.3 Å². The summed E-state index contributed by atoms with van der Waals surface area (Å²) in [6, 6.07) is 0. The molecule has 0 aromatic carbocycles. The van der Waals surface area contributed by atoms with E-state index in [1.165, 1.54) is 19.9 Å². The molecule has 0 bridgehead atoms. The minimum absolute atomic E-state index is 0.427. The molecule has 0 aliphatic carbocycles. The van der Waals surface area contributed by atoms with Crippen LogP contribution in [0.3, 0.4) is 0 Å². The lowest BCUT2D eigenvalue weighted by atomic mass is 10.0. The Morgan fingerprint density at radius 3 is 2.48 bits per heavy atom. The van der Waals surface area contributed by atoms with Gasteiger partial charge in [0.2, 0.25) is 0 Å². The molecule has 2 aliphatic heterocycles. The van der Waals surface area contributed by atoms with Gasteiger partial charge >= 0.3 is 17.9 Å². The molecular formula is C19H26O8. The van der Waals surface area contributed by atoms with Crippen LogP contribution in [0.4, 0.5) is 0 Å². The summed E-state index contributed by atoms with van der Waals surface area (Å²) in [5.41, 5.74) is 0. The zero-order chi connectivity index (χ0) is 20.2. The molecule has 2 aliphatic rings. The fourth-order valence-electron chi connectivity index (χ4n) is 3.02. The zero-order valence-electron chi connectivity index (χ0n) is 16.2. The van der Waals surface area contributed by atoms with E-state index in [9.17, 15) is 14.4 Å². The number of cyclic esters (lactones) is 1. The van der Waals surface area contributed by atoms with E-state index in [1.807, 2.05) is 0 Å². The van der Waals surface area contributed by atoms with Gasteiger partial charge in [0.1, 0.15) is 24.4 Å². The highest BCUT2D eigenvalue weighted by atomic mass is 16.8. The second-order valence-electron chi connectivity index (χ2n) is 6.95. The number of hydrogen-bond acceptors (Lipinski definition) is 8. The first-order chi connectivity index (χ1) is 12.6. The molecule has 1 saturated heterocycles. The third kappa shape index (κ3) is 6.18. The van der Waals surface area contributed by atoms with Gasteiger partial charge in [-0.2, -0.15) is 0 Å². The van der Waals surface area contributed by atoms with Crippen molar-refractivity contribution in [3.63, 3.8) is 0 Å². The number of carbonyl (C=O) groups is 3. The van der Waals surface area contributed by atoms with Crippen molar-refractivity contribution < 1.29 is 38.1 Å².